The van der Waals surface area contributed by atoms with E-state index in [-0.39, 0.29) is 17.6 Å². The third kappa shape index (κ3) is 4.01. The summed E-state index contributed by atoms with van der Waals surface area (Å²) in [5.74, 6) is 1.51. The quantitative estimate of drug-likeness (QED) is 0.741. The van der Waals surface area contributed by atoms with Crippen molar-refractivity contribution in [3.63, 3.8) is 0 Å². The van der Waals surface area contributed by atoms with Crippen LogP contribution in [0.2, 0.25) is 0 Å². The van der Waals surface area contributed by atoms with E-state index in [0.29, 0.717) is 0 Å². The van der Waals surface area contributed by atoms with E-state index in [4.69, 9.17) is 9.47 Å². The molecule has 1 aliphatic rings. The summed E-state index contributed by atoms with van der Waals surface area (Å²) in [4.78, 5) is 12.9. The van der Waals surface area contributed by atoms with Gasteiger partial charge in [-0.2, -0.15) is 0 Å². The Hall–Kier alpha value is -2.49. The van der Waals surface area contributed by atoms with Gasteiger partial charge in [0.2, 0.25) is 0 Å². The number of fused-ring (bicyclic) bond motifs is 1. The standard InChI is InChI=1S/C24H31NO3/c1-6-24(7-2)15-20(19-12-8-9-13-22(19)28-24)25-23(26)18(5)27-21-14-10-11-16(3)17(21)4/h8-14,18,20H,6-7,15H2,1-5H3,(H,25,26). The topological polar surface area (TPSA) is 47.6 Å². The van der Waals surface area contributed by atoms with Crippen molar-refractivity contribution in [2.45, 2.75) is 71.6 Å². The monoisotopic (exact) mass is 381 g/mol. The van der Waals surface area contributed by atoms with E-state index >= 15 is 0 Å². The van der Waals surface area contributed by atoms with E-state index in [1.165, 1.54) is 0 Å². The summed E-state index contributed by atoms with van der Waals surface area (Å²) in [6.45, 7) is 10.1. The van der Waals surface area contributed by atoms with Gasteiger partial charge in [0.25, 0.3) is 5.91 Å². The fourth-order valence-corrected chi connectivity index (χ4v) is 3.81. The van der Waals surface area contributed by atoms with Gasteiger partial charge in [0.05, 0.1) is 6.04 Å². The highest BCUT2D eigenvalue weighted by molar-refractivity contribution is 5.81. The second-order valence-corrected chi connectivity index (χ2v) is 7.75. The molecule has 2 atom stereocenters. The highest BCUT2D eigenvalue weighted by Gasteiger charge is 2.39. The molecular weight excluding hydrogens is 350 g/mol. The Kier molecular flexibility index (Phi) is 5.97. The normalized spacial score (nSPS) is 18.5. The number of benzene rings is 2. The van der Waals surface area contributed by atoms with Crippen LogP contribution in [-0.4, -0.2) is 17.6 Å². The van der Waals surface area contributed by atoms with Crippen LogP contribution in [0.5, 0.6) is 11.5 Å². The molecule has 1 amide bonds. The number of amides is 1. The van der Waals surface area contributed by atoms with Gasteiger partial charge in [-0.05, 0) is 56.9 Å². The molecule has 2 aromatic carbocycles. The van der Waals surface area contributed by atoms with Crippen LogP contribution < -0.4 is 14.8 Å². The van der Waals surface area contributed by atoms with Gasteiger partial charge in [-0.15, -0.1) is 0 Å². The van der Waals surface area contributed by atoms with Crippen molar-refractivity contribution in [2.75, 3.05) is 0 Å². The summed E-state index contributed by atoms with van der Waals surface area (Å²) in [6, 6.07) is 13.8. The first-order valence-electron chi connectivity index (χ1n) is 10.2. The minimum Gasteiger partial charge on any atom is -0.487 e. The van der Waals surface area contributed by atoms with Gasteiger partial charge in [-0.1, -0.05) is 44.2 Å². The number of nitrogens with one attached hydrogen (secondary N) is 1. The van der Waals surface area contributed by atoms with Crippen molar-refractivity contribution in [3.8, 4) is 11.5 Å². The number of carbonyl (C=O) groups excluding carboxylic acids is 1. The first kappa shape index (κ1) is 20.2. The van der Waals surface area contributed by atoms with E-state index < -0.39 is 6.10 Å². The molecule has 0 saturated carbocycles. The molecule has 0 aromatic heterocycles. The molecule has 0 saturated heterocycles. The minimum absolute atomic E-state index is 0.0815. The van der Waals surface area contributed by atoms with Gasteiger partial charge >= 0.3 is 0 Å². The molecule has 0 spiro atoms. The van der Waals surface area contributed by atoms with Crippen molar-refractivity contribution in [1.29, 1.82) is 0 Å². The van der Waals surface area contributed by atoms with Gasteiger partial charge in [-0.25, -0.2) is 0 Å². The number of ether oxygens (including phenoxy) is 2. The van der Waals surface area contributed by atoms with Crippen LogP contribution in [0, 0.1) is 13.8 Å². The van der Waals surface area contributed by atoms with Gasteiger partial charge in [-0.3, -0.25) is 4.79 Å². The molecule has 1 N–H and O–H groups in total. The number of carbonyl (C=O) groups is 1. The smallest absolute Gasteiger partial charge is 0.261 e. The molecule has 0 radical (unpaired) electrons. The third-order valence-corrected chi connectivity index (χ3v) is 6.03. The number of rotatable bonds is 6. The molecule has 1 heterocycles. The summed E-state index contributed by atoms with van der Waals surface area (Å²) >= 11 is 0. The van der Waals surface area contributed by atoms with Crippen LogP contribution in [0.1, 0.15) is 62.8 Å². The average molecular weight is 382 g/mol. The summed E-state index contributed by atoms with van der Waals surface area (Å²) < 4.78 is 12.3. The summed E-state index contributed by atoms with van der Waals surface area (Å²) in [5, 5.41) is 3.21. The van der Waals surface area contributed by atoms with Crippen LogP contribution in [0.3, 0.4) is 0 Å². The number of hydrogen-bond donors (Lipinski definition) is 1. The van der Waals surface area contributed by atoms with Crippen LogP contribution >= 0.6 is 0 Å². The van der Waals surface area contributed by atoms with Gasteiger partial charge in [0.1, 0.15) is 17.1 Å². The van der Waals surface area contributed by atoms with Crippen molar-refractivity contribution in [1.82, 2.24) is 5.32 Å². The Morgan fingerprint density at radius 2 is 1.89 bits per heavy atom. The molecule has 0 bridgehead atoms. The lowest BCUT2D eigenvalue weighted by atomic mass is 9.83. The maximum Gasteiger partial charge on any atom is 0.261 e. The average Bonchev–Trinajstić information content (AvgIpc) is 2.71. The molecule has 2 unspecified atom stereocenters. The summed E-state index contributed by atoms with van der Waals surface area (Å²) in [7, 11) is 0. The molecule has 28 heavy (non-hydrogen) atoms. The van der Waals surface area contributed by atoms with Crippen molar-refractivity contribution >= 4 is 5.91 Å². The molecule has 150 valence electrons. The summed E-state index contributed by atoms with van der Waals surface area (Å²) in [5.41, 5.74) is 3.00. The molecular formula is C24H31NO3. The lowest BCUT2D eigenvalue weighted by Gasteiger charge is -2.41. The second-order valence-electron chi connectivity index (χ2n) is 7.75. The maximum absolute atomic E-state index is 12.9. The second kappa shape index (κ2) is 8.26. The molecule has 0 aliphatic carbocycles. The van der Waals surface area contributed by atoms with E-state index in [0.717, 1.165) is 47.5 Å². The lowest BCUT2D eigenvalue weighted by molar-refractivity contribution is -0.128. The zero-order chi connectivity index (χ0) is 20.3. The SMILES string of the molecule is CCC1(CC)CC(NC(=O)C(C)Oc2cccc(C)c2C)c2ccccc2O1. The van der Waals surface area contributed by atoms with Crippen molar-refractivity contribution < 1.29 is 14.3 Å². The molecule has 4 heteroatoms. The maximum atomic E-state index is 12.9. The highest BCUT2D eigenvalue weighted by Crippen LogP contribution is 2.42. The third-order valence-electron chi connectivity index (χ3n) is 6.03. The molecule has 0 fully saturated rings. The number of hydrogen-bond acceptors (Lipinski definition) is 3. The Morgan fingerprint density at radius 1 is 1.18 bits per heavy atom. The molecule has 3 rings (SSSR count). The van der Waals surface area contributed by atoms with E-state index in [9.17, 15) is 4.79 Å². The van der Waals surface area contributed by atoms with Gasteiger partial charge < -0.3 is 14.8 Å². The molecule has 1 aliphatic heterocycles. The highest BCUT2D eigenvalue weighted by atomic mass is 16.5. The van der Waals surface area contributed by atoms with E-state index in [2.05, 4.69) is 19.2 Å². The van der Waals surface area contributed by atoms with Crippen molar-refractivity contribution in [3.05, 3.63) is 59.2 Å². The zero-order valence-corrected chi connectivity index (χ0v) is 17.5. The first-order valence-corrected chi connectivity index (χ1v) is 10.2. The fraction of sp³-hybridized carbons (Fsp3) is 0.458. The van der Waals surface area contributed by atoms with E-state index in [1.54, 1.807) is 6.92 Å². The number of para-hydroxylation sites is 1. The van der Waals surface area contributed by atoms with Crippen LogP contribution in [0.25, 0.3) is 0 Å². The van der Waals surface area contributed by atoms with Gasteiger partial charge in [0.15, 0.2) is 6.10 Å². The Bertz CT molecular complexity index is 841. The largest absolute Gasteiger partial charge is 0.487 e. The predicted molar refractivity (Wildman–Crippen MR) is 112 cm³/mol. The van der Waals surface area contributed by atoms with Crippen molar-refractivity contribution in [2.24, 2.45) is 0 Å². The van der Waals surface area contributed by atoms with Crippen LogP contribution in [0.15, 0.2) is 42.5 Å². The first-order chi connectivity index (χ1) is 13.4. The van der Waals surface area contributed by atoms with E-state index in [1.807, 2.05) is 56.3 Å². The summed E-state index contributed by atoms with van der Waals surface area (Å²) in [6.07, 6.45) is 1.99. The fourth-order valence-electron chi connectivity index (χ4n) is 3.81. The zero-order valence-electron chi connectivity index (χ0n) is 17.5. The Labute approximate surface area is 168 Å². The lowest BCUT2D eigenvalue weighted by Crippen LogP contribution is -2.47. The predicted octanol–water partition coefficient (Wildman–Crippen LogP) is 5.27. The molecule has 2 aromatic rings. The van der Waals surface area contributed by atoms with Crippen LogP contribution in [0.4, 0.5) is 0 Å². The minimum atomic E-state index is -0.576. The Balaban J connectivity index is 1.77. The Morgan fingerprint density at radius 3 is 2.61 bits per heavy atom. The molecule has 4 nitrogen and oxygen atoms in total. The number of aryl methyl sites for hydroxylation is 1. The van der Waals surface area contributed by atoms with Crippen LogP contribution in [-0.2, 0) is 4.79 Å². The van der Waals surface area contributed by atoms with Gasteiger partial charge in [0, 0.05) is 12.0 Å².